The van der Waals surface area contributed by atoms with Crippen molar-refractivity contribution in [2.24, 2.45) is 0 Å². The molecule has 102 valence electrons. The summed E-state index contributed by atoms with van der Waals surface area (Å²) in [4.78, 5) is 17.0. The van der Waals surface area contributed by atoms with Crippen molar-refractivity contribution in [2.75, 3.05) is 0 Å². The minimum Gasteiger partial charge on any atom is -0.323 e. The Morgan fingerprint density at radius 3 is 2.95 bits per heavy atom. The van der Waals surface area contributed by atoms with Crippen molar-refractivity contribution in [3.63, 3.8) is 0 Å². The van der Waals surface area contributed by atoms with Gasteiger partial charge in [-0.05, 0) is 35.0 Å². The van der Waals surface area contributed by atoms with Crippen LogP contribution >= 0.6 is 11.3 Å². The van der Waals surface area contributed by atoms with Crippen LogP contribution < -0.4 is 0 Å². The lowest BCUT2D eigenvalue weighted by atomic mass is 10.1. The van der Waals surface area contributed by atoms with Crippen LogP contribution in [0.4, 0.5) is 0 Å². The number of para-hydroxylation sites is 2. The number of ketones is 1. The minimum absolute atomic E-state index is 0.117. The lowest BCUT2D eigenvalue weighted by Crippen LogP contribution is -2.09. The average molecular weight is 292 g/mol. The zero-order valence-corrected chi connectivity index (χ0v) is 12.0. The largest absolute Gasteiger partial charge is 0.323 e. The van der Waals surface area contributed by atoms with E-state index in [0.29, 0.717) is 6.54 Å². The first-order chi connectivity index (χ1) is 10.3. The third-order valence-electron chi connectivity index (χ3n) is 3.62. The lowest BCUT2D eigenvalue weighted by molar-refractivity contribution is 0.0975. The molecule has 21 heavy (non-hydrogen) atoms. The molecule has 0 amide bonds. The molecule has 0 radical (unpaired) electrons. The van der Waals surface area contributed by atoms with E-state index in [1.807, 2.05) is 58.5 Å². The molecule has 0 saturated carbocycles. The van der Waals surface area contributed by atoms with Gasteiger partial charge in [0.1, 0.15) is 0 Å². The van der Waals surface area contributed by atoms with Crippen LogP contribution in [0.1, 0.15) is 10.4 Å². The SMILES string of the molecule is O=C(Cn1cnc2ccccc21)c1cccc2ccsc12. The molecule has 0 saturated heterocycles. The van der Waals surface area contributed by atoms with E-state index in [-0.39, 0.29) is 5.78 Å². The van der Waals surface area contributed by atoms with Crippen LogP contribution in [0.2, 0.25) is 0 Å². The fourth-order valence-corrected chi connectivity index (χ4v) is 3.52. The number of aromatic nitrogens is 2. The molecule has 2 aromatic heterocycles. The number of hydrogen-bond acceptors (Lipinski definition) is 3. The van der Waals surface area contributed by atoms with Crippen LogP contribution in [0.5, 0.6) is 0 Å². The summed E-state index contributed by atoms with van der Waals surface area (Å²) in [5.41, 5.74) is 2.70. The Kier molecular flexibility index (Phi) is 2.82. The fourth-order valence-electron chi connectivity index (χ4n) is 2.59. The Hall–Kier alpha value is -2.46. The highest BCUT2D eigenvalue weighted by Crippen LogP contribution is 2.25. The number of imidazole rings is 1. The van der Waals surface area contributed by atoms with Gasteiger partial charge >= 0.3 is 0 Å². The lowest BCUT2D eigenvalue weighted by Gasteiger charge is -2.05. The van der Waals surface area contributed by atoms with Gasteiger partial charge in [0.05, 0.1) is 23.9 Å². The molecule has 0 atom stereocenters. The van der Waals surface area contributed by atoms with Crippen LogP contribution in [0.15, 0.2) is 60.2 Å². The highest BCUT2D eigenvalue weighted by molar-refractivity contribution is 7.17. The van der Waals surface area contributed by atoms with Gasteiger partial charge in [-0.3, -0.25) is 4.79 Å². The number of hydrogen-bond donors (Lipinski definition) is 0. The molecule has 0 spiro atoms. The highest BCUT2D eigenvalue weighted by atomic mass is 32.1. The summed E-state index contributed by atoms with van der Waals surface area (Å²) in [5.74, 6) is 0.117. The van der Waals surface area contributed by atoms with Crippen molar-refractivity contribution in [1.82, 2.24) is 9.55 Å². The van der Waals surface area contributed by atoms with Crippen LogP contribution in [-0.2, 0) is 6.54 Å². The Bertz CT molecular complexity index is 951. The molecule has 3 nitrogen and oxygen atoms in total. The van der Waals surface area contributed by atoms with Crippen molar-refractivity contribution in [3.8, 4) is 0 Å². The molecule has 0 aliphatic rings. The number of carbonyl (C=O) groups excluding carboxylic acids is 1. The highest BCUT2D eigenvalue weighted by Gasteiger charge is 2.13. The van der Waals surface area contributed by atoms with Gasteiger partial charge < -0.3 is 4.57 Å². The standard InChI is InChI=1S/C17H12N2OS/c20-16(13-5-3-4-12-8-9-21-17(12)13)10-19-11-18-14-6-1-2-7-15(14)19/h1-9,11H,10H2. The number of nitrogens with zero attached hydrogens (tertiary/aromatic N) is 2. The van der Waals surface area contributed by atoms with Crippen LogP contribution in [-0.4, -0.2) is 15.3 Å². The Morgan fingerprint density at radius 1 is 1.10 bits per heavy atom. The van der Waals surface area contributed by atoms with Crippen molar-refractivity contribution in [2.45, 2.75) is 6.54 Å². The minimum atomic E-state index is 0.117. The van der Waals surface area contributed by atoms with E-state index in [2.05, 4.69) is 4.98 Å². The van der Waals surface area contributed by atoms with Gasteiger partial charge in [0.2, 0.25) is 0 Å². The maximum Gasteiger partial charge on any atom is 0.183 e. The van der Waals surface area contributed by atoms with Gasteiger partial charge in [-0.2, -0.15) is 0 Å². The van der Waals surface area contributed by atoms with E-state index in [1.54, 1.807) is 17.7 Å². The second-order valence-corrected chi connectivity index (χ2v) is 5.85. The fraction of sp³-hybridized carbons (Fsp3) is 0.0588. The Morgan fingerprint density at radius 2 is 2.00 bits per heavy atom. The van der Waals surface area contributed by atoms with Crippen LogP contribution in [0, 0.1) is 0 Å². The predicted molar refractivity (Wildman–Crippen MR) is 85.9 cm³/mol. The molecule has 4 heteroatoms. The van der Waals surface area contributed by atoms with Gasteiger partial charge in [-0.15, -0.1) is 11.3 Å². The van der Waals surface area contributed by atoms with Gasteiger partial charge in [-0.1, -0.05) is 24.3 Å². The molecule has 0 N–H and O–H groups in total. The van der Waals surface area contributed by atoms with E-state index < -0.39 is 0 Å². The molecular formula is C17H12N2OS. The van der Waals surface area contributed by atoms with Crippen LogP contribution in [0.3, 0.4) is 0 Å². The van der Waals surface area contributed by atoms with E-state index >= 15 is 0 Å². The van der Waals surface area contributed by atoms with E-state index in [9.17, 15) is 4.79 Å². The van der Waals surface area contributed by atoms with Crippen molar-refractivity contribution < 1.29 is 4.79 Å². The maximum atomic E-state index is 12.6. The molecule has 4 aromatic rings. The maximum absolute atomic E-state index is 12.6. The van der Waals surface area contributed by atoms with Crippen molar-refractivity contribution in [3.05, 3.63) is 65.8 Å². The van der Waals surface area contributed by atoms with Crippen LogP contribution in [0.25, 0.3) is 21.1 Å². The Labute approximate surface area is 125 Å². The zero-order chi connectivity index (χ0) is 14.2. The second-order valence-electron chi connectivity index (χ2n) is 4.93. The quantitative estimate of drug-likeness (QED) is 0.532. The third kappa shape index (κ3) is 2.04. The molecule has 2 heterocycles. The molecule has 0 aliphatic heterocycles. The summed E-state index contributed by atoms with van der Waals surface area (Å²) in [6.07, 6.45) is 1.73. The summed E-state index contributed by atoms with van der Waals surface area (Å²) >= 11 is 1.61. The second kappa shape index (κ2) is 4.82. The molecule has 0 fully saturated rings. The summed E-state index contributed by atoms with van der Waals surface area (Å²) < 4.78 is 2.97. The third-order valence-corrected chi connectivity index (χ3v) is 4.58. The van der Waals surface area contributed by atoms with E-state index in [4.69, 9.17) is 0 Å². The predicted octanol–water partition coefficient (Wildman–Crippen LogP) is 4.13. The number of thiophene rings is 1. The molecule has 0 aliphatic carbocycles. The Balaban J connectivity index is 1.74. The molecule has 0 unspecified atom stereocenters. The number of carbonyl (C=O) groups is 1. The number of fused-ring (bicyclic) bond motifs is 2. The van der Waals surface area contributed by atoms with Crippen molar-refractivity contribution in [1.29, 1.82) is 0 Å². The molecular weight excluding hydrogens is 280 g/mol. The van der Waals surface area contributed by atoms with E-state index in [0.717, 1.165) is 26.7 Å². The monoisotopic (exact) mass is 292 g/mol. The molecule has 2 aromatic carbocycles. The summed E-state index contributed by atoms with van der Waals surface area (Å²) in [5, 5.41) is 3.15. The number of benzene rings is 2. The zero-order valence-electron chi connectivity index (χ0n) is 11.2. The summed E-state index contributed by atoms with van der Waals surface area (Å²) in [7, 11) is 0. The first kappa shape index (κ1) is 12.3. The van der Waals surface area contributed by atoms with E-state index in [1.165, 1.54) is 0 Å². The first-order valence-electron chi connectivity index (χ1n) is 6.72. The van der Waals surface area contributed by atoms with Crippen molar-refractivity contribution >= 4 is 38.2 Å². The van der Waals surface area contributed by atoms with Gasteiger partial charge in [0, 0.05) is 10.3 Å². The van der Waals surface area contributed by atoms with Gasteiger partial charge in [0.15, 0.2) is 5.78 Å². The average Bonchev–Trinajstić information content (AvgIpc) is 3.14. The smallest absolute Gasteiger partial charge is 0.183 e. The number of Topliss-reactive ketones (excluding diaryl/α,β-unsaturated/α-hetero) is 1. The molecule has 0 bridgehead atoms. The normalized spacial score (nSPS) is 11.2. The molecule has 4 rings (SSSR count). The first-order valence-corrected chi connectivity index (χ1v) is 7.60. The summed E-state index contributed by atoms with van der Waals surface area (Å²) in [6.45, 7) is 0.317. The van der Waals surface area contributed by atoms with Gasteiger partial charge in [-0.25, -0.2) is 4.98 Å². The van der Waals surface area contributed by atoms with Gasteiger partial charge in [0.25, 0.3) is 0 Å². The number of rotatable bonds is 3. The topological polar surface area (TPSA) is 34.9 Å². The summed E-state index contributed by atoms with van der Waals surface area (Å²) in [6, 6.07) is 15.8.